The summed E-state index contributed by atoms with van der Waals surface area (Å²) in [5.74, 6) is -0.826. The molecule has 8 nitrogen and oxygen atoms in total. The number of allylic oxidation sites excluding steroid dienone is 4. The first-order chi connectivity index (χ1) is 17.2. The fraction of sp³-hybridized carbons (Fsp3) is 0.458. The van der Waals surface area contributed by atoms with Crippen molar-refractivity contribution in [1.29, 1.82) is 0 Å². The largest absolute Gasteiger partial charge is 0.540 e. The summed E-state index contributed by atoms with van der Waals surface area (Å²) in [4.78, 5) is 26.0. The highest BCUT2D eigenvalue weighted by molar-refractivity contribution is 9.11. The highest BCUT2D eigenvalue weighted by atomic mass is 79.9. The first-order valence-electron chi connectivity index (χ1n) is 11.4. The summed E-state index contributed by atoms with van der Waals surface area (Å²) in [6, 6.07) is 1.74. The van der Waals surface area contributed by atoms with Gasteiger partial charge in [0.15, 0.2) is 0 Å². The number of alkyl halides is 4. The molecule has 1 aromatic carbocycles. The summed E-state index contributed by atoms with van der Waals surface area (Å²) < 4.78 is 62.4. The third-order valence-electron chi connectivity index (χ3n) is 5.50. The number of hydrazone groups is 1. The molecular formula is C24H27BrF4N4O4. The molecular weight excluding hydrogens is 564 g/mol. The number of benzene rings is 1. The van der Waals surface area contributed by atoms with Crippen LogP contribution in [0, 0.1) is 0 Å². The number of carbonyl (C=O) groups excluding carboxylic acids is 2. The van der Waals surface area contributed by atoms with E-state index in [1.54, 1.807) is 11.8 Å². The molecule has 13 heteroatoms. The average Bonchev–Trinajstić information content (AvgIpc) is 3.36. The zero-order valence-corrected chi connectivity index (χ0v) is 22.2. The molecule has 202 valence electrons. The van der Waals surface area contributed by atoms with E-state index < -0.39 is 29.7 Å². The van der Waals surface area contributed by atoms with Gasteiger partial charge in [0.2, 0.25) is 5.91 Å². The average molecular weight is 591 g/mol. The fourth-order valence-electron chi connectivity index (χ4n) is 3.79. The van der Waals surface area contributed by atoms with E-state index in [1.807, 2.05) is 13.0 Å². The third kappa shape index (κ3) is 7.31. The minimum absolute atomic E-state index is 0.0114. The van der Waals surface area contributed by atoms with Crippen LogP contribution in [-0.2, 0) is 15.6 Å². The van der Waals surface area contributed by atoms with E-state index in [1.165, 1.54) is 10.1 Å². The topological polar surface area (TPSA) is 83.5 Å². The van der Waals surface area contributed by atoms with Crippen LogP contribution in [0.2, 0.25) is 0 Å². The number of amides is 3. The SMILES string of the molecule is CC(C)=C/C=C(\C)Br.CC1=NN(C(=O)Nc2ccc3c(c2)OC(F)(F)OC3(F)F)CC1N1CCCC1=O. The molecule has 3 aliphatic heterocycles. The maximum atomic E-state index is 13.7. The zero-order chi connectivity index (χ0) is 27.5. The highest BCUT2D eigenvalue weighted by Crippen LogP contribution is 2.46. The minimum atomic E-state index is -4.51. The summed E-state index contributed by atoms with van der Waals surface area (Å²) in [6.07, 6.45) is -3.46. The van der Waals surface area contributed by atoms with E-state index in [-0.39, 0.29) is 24.2 Å². The lowest BCUT2D eigenvalue weighted by Gasteiger charge is -2.30. The Morgan fingerprint density at radius 2 is 1.92 bits per heavy atom. The number of ether oxygens (including phenoxy) is 2. The van der Waals surface area contributed by atoms with Gasteiger partial charge in [0.05, 0.1) is 23.9 Å². The number of hydrogen-bond acceptors (Lipinski definition) is 5. The molecule has 0 bridgehead atoms. The Hall–Kier alpha value is -2.93. The molecule has 1 aromatic rings. The lowest BCUT2D eigenvalue weighted by Crippen LogP contribution is -2.44. The fourth-order valence-corrected chi connectivity index (χ4v) is 3.92. The quantitative estimate of drug-likeness (QED) is 0.337. The second-order valence-electron chi connectivity index (χ2n) is 8.85. The molecule has 0 spiro atoms. The van der Waals surface area contributed by atoms with Gasteiger partial charge in [0, 0.05) is 24.7 Å². The normalized spacial score (nSPS) is 21.9. The monoisotopic (exact) mass is 590 g/mol. The van der Waals surface area contributed by atoms with Gasteiger partial charge in [-0.3, -0.25) is 4.79 Å². The minimum Gasteiger partial charge on any atom is -0.409 e. The van der Waals surface area contributed by atoms with Crippen LogP contribution >= 0.6 is 15.9 Å². The summed E-state index contributed by atoms with van der Waals surface area (Å²) >= 11 is 3.32. The first kappa shape index (κ1) is 28.6. The van der Waals surface area contributed by atoms with Gasteiger partial charge in [-0.1, -0.05) is 33.7 Å². The second-order valence-corrected chi connectivity index (χ2v) is 10.1. The Bertz CT molecular complexity index is 1130. The highest BCUT2D eigenvalue weighted by Gasteiger charge is 2.54. The predicted octanol–water partition coefficient (Wildman–Crippen LogP) is 6.16. The Morgan fingerprint density at radius 3 is 2.49 bits per heavy atom. The predicted molar refractivity (Wildman–Crippen MR) is 133 cm³/mol. The summed E-state index contributed by atoms with van der Waals surface area (Å²) in [5.41, 5.74) is 0.976. The van der Waals surface area contributed by atoms with Crippen LogP contribution < -0.4 is 10.1 Å². The van der Waals surface area contributed by atoms with Gasteiger partial charge in [0.25, 0.3) is 0 Å². The van der Waals surface area contributed by atoms with E-state index in [0.29, 0.717) is 18.7 Å². The Balaban J connectivity index is 0.000000414. The number of halogens is 5. The van der Waals surface area contributed by atoms with Crippen molar-refractivity contribution in [2.45, 2.75) is 59.0 Å². The van der Waals surface area contributed by atoms with Gasteiger partial charge < -0.3 is 15.0 Å². The number of nitrogens with one attached hydrogen (secondary N) is 1. The number of urea groups is 1. The van der Waals surface area contributed by atoms with E-state index in [2.05, 4.69) is 55.7 Å². The molecule has 0 radical (unpaired) electrons. The molecule has 1 N–H and O–H groups in total. The van der Waals surface area contributed by atoms with Gasteiger partial charge in [0.1, 0.15) is 5.75 Å². The van der Waals surface area contributed by atoms with E-state index >= 15 is 0 Å². The zero-order valence-electron chi connectivity index (χ0n) is 20.7. The van der Waals surface area contributed by atoms with Gasteiger partial charge in [-0.25, -0.2) is 14.5 Å². The molecule has 3 aliphatic rings. The number of nitrogens with zero attached hydrogens (tertiary/aromatic N) is 3. The molecule has 3 amide bonds. The molecule has 1 fully saturated rings. The molecule has 0 aliphatic carbocycles. The van der Waals surface area contributed by atoms with Crippen molar-refractivity contribution in [3.8, 4) is 5.75 Å². The van der Waals surface area contributed by atoms with Crippen molar-refractivity contribution < 1.29 is 36.6 Å². The van der Waals surface area contributed by atoms with Crippen molar-refractivity contribution in [1.82, 2.24) is 9.91 Å². The van der Waals surface area contributed by atoms with Gasteiger partial charge in [-0.2, -0.15) is 13.9 Å². The van der Waals surface area contributed by atoms with Crippen LogP contribution in [0.3, 0.4) is 0 Å². The maximum Gasteiger partial charge on any atom is 0.540 e. The number of anilines is 1. The lowest BCUT2D eigenvalue weighted by atomic mass is 10.1. The Labute approximate surface area is 220 Å². The smallest absolute Gasteiger partial charge is 0.409 e. The number of fused-ring (bicyclic) bond motifs is 1. The number of carbonyl (C=O) groups is 2. The van der Waals surface area contributed by atoms with Crippen LogP contribution in [-0.4, -0.2) is 53.0 Å². The van der Waals surface area contributed by atoms with Crippen molar-refractivity contribution in [2.75, 3.05) is 18.4 Å². The Kier molecular flexibility index (Phi) is 8.68. The molecule has 1 atom stereocenters. The van der Waals surface area contributed by atoms with Crippen LogP contribution in [0.5, 0.6) is 5.75 Å². The first-order valence-corrected chi connectivity index (χ1v) is 12.2. The molecule has 0 aromatic heterocycles. The van der Waals surface area contributed by atoms with Gasteiger partial charge in [-0.05, 0) is 50.7 Å². The van der Waals surface area contributed by atoms with Crippen molar-refractivity contribution in [2.24, 2.45) is 5.10 Å². The number of likely N-dealkylation sites (tertiary alicyclic amines) is 1. The van der Waals surface area contributed by atoms with E-state index in [9.17, 15) is 27.2 Å². The van der Waals surface area contributed by atoms with Crippen LogP contribution in [0.4, 0.5) is 28.0 Å². The third-order valence-corrected chi connectivity index (χ3v) is 5.76. The summed E-state index contributed by atoms with van der Waals surface area (Å²) in [6.45, 7) is 8.58. The van der Waals surface area contributed by atoms with E-state index in [4.69, 9.17) is 0 Å². The van der Waals surface area contributed by atoms with Crippen LogP contribution in [0.15, 0.2) is 45.5 Å². The van der Waals surface area contributed by atoms with Crippen LogP contribution in [0.25, 0.3) is 0 Å². The number of hydrogen-bond donors (Lipinski definition) is 1. The molecule has 1 unspecified atom stereocenters. The molecule has 0 saturated carbocycles. The molecule has 3 heterocycles. The maximum absolute atomic E-state index is 13.7. The molecule has 37 heavy (non-hydrogen) atoms. The summed E-state index contributed by atoms with van der Waals surface area (Å²) in [7, 11) is 0. The van der Waals surface area contributed by atoms with Gasteiger partial charge in [-0.15, -0.1) is 8.78 Å². The number of rotatable bonds is 3. The second kappa shape index (κ2) is 11.2. The summed E-state index contributed by atoms with van der Waals surface area (Å²) in [5, 5.41) is 7.62. The Morgan fingerprint density at radius 1 is 1.22 bits per heavy atom. The van der Waals surface area contributed by atoms with Crippen molar-refractivity contribution >= 4 is 39.3 Å². The van der Waals surface area contributed by atoms with E-state index in [0.717, 1.165) is 29.6 Å². The van der Waals surface area contributed by atoms with Crippen LogP contribution in [0.1, 0.15) is 46.1 Å². The molecule has 1 saturated heterocycles. The standard InChI is InChI=1S/C17H16F4N4O4.C7H11Br/c1-9-12(24-6-2-3-14(24)26)8-25(23-9)15(27)22-10-4-5-11-13(7-10)28-17(20,21)29-16(11,18)19;1-6(2)4-5-7(3)8/h4-5,7,12H,2-3,6,8H2,1H3,(H,22,27);4-5H,1-3H3/b;7-5+. The molecule has 4 rings (SSSR count). The van der Waals surface area contributed by atoms with Gasteiger partial charge >= 0.3 is 18.4 Å². The lowest BCUT2D eigenvalue weighted by molar-refractivity contribution is -0.461. The van der Waals surface area contributed by atoms with Crippen molar-refractivity contribution in [3.63, 3.8) is 0 Å². The van der Waals surface area contributed by atoms with Crippen molar-refractivity contribution in [3.05, 3.63) is 46.0 Å².